The van der Waals surface area contributed by atoms with E-state index in [1.54, 1.807) is 6.07 Å². The second-order valence-corrected chi connectivity index (χ2v) is 10.5. The summed E-state index contributed by atoms with van der Waals surface area (Å²) < 4.78 is 0. The van der Waals surface area contributed by atoms with Crippen molar-refractivity contribution in [1.82, 2.24) is 0 Å². The third-order valence-electron chi connectivity index (χ3n) is 4.65. The molecule has 0 fully saturated rings. The standard InChI is InChI=1S/C25H22NOP.2ClH.Ti/c27-23-16-8-10-18-25(23)28-24-17-9-7-11-20(24)19-26(21-12-3-1-4-13-21)22-14-5-2-6-15-22;;;/h1-18,27-28H,19H2;2*1H;/q;;;+2/p-2. The Hall–Kier alpha value is -1.80. The second kappa shape index (κ2) is 12.9. The zero-order valence-corrected chi connectivity index (χ0v) is 20.8. The van der Waals surface area contributed by atoms with Crippen molar-refractivity contribution in [2.24, 2.45) is 0 Å². The van der Waals surface area contributed by atoms with Gasteiger partial charge in [-0.15, -0.1) is 0 Å². The number of anilines is 2. The monoisotopic (exact) mass is 501 g/mol. The number of halogens is 2. The number of benzene rings is 4. The van der Waals surface area contributed by atoms with Crippen LogP contribution in [0.25, 0.3) is 0 Å². The zero-order valence-electron chi connectivity index (χ0n) is 16.7. The molecule has 4 rings (SSSR count). The van der Waals surface area contributed by atoms with Gasteiger partial charge in [-0.1, -0.05) is 87.4 Å². The van der Waals surface area contributed by atoms with Gasteiger partial charge >= 0.3 is 35.6 Å². The number of hydrogen-bond donors (Lipinski definition) is 1. The predicted molar refractivity (Wildman–Crippen MR) is 133 cm³/mol. The van der Waals surface area contributed by atoms with Crippen molar-refractivity contribution < 1.29 is 22.1 Å². The Morgan fingerprint density at radius 3 is 1.65 bits per heavy atom. The van der Waals surface area contributed by atoms with Gasteiger partial charge in [-0.3, -0.25) is 0 Å². The van der Waals surface area contributed by atoms with Gasteiger partial charge in [0, 0.05) is 23.2 Å². The van der Waals surface area contributed by atoms with Gasteiger partial charge in [-0.2, -0.15) is 0 Å². The van der Waals surface area contributed by atoms with Crippen molar-refractivity contribution in [2.45, 2.75) is 6.54 Å². The molecule has 0 amide bonds. The molecule has 1 atom stereocenters. The Morgan fingerprint density at radius 2 is 1.10 bits per heavy atom. The molecule has 4 aromatic rings. The first-order chi connectivity index (χ1) is 15.2. The average molecular weight is 502 g/mol. The van der Waals surface area contributed by atoms with Crippen LogP contribution in [-0.2, 0) is 23.6 Å². The van der Waals surface area contributed by atoms with Crippen LogP contribution in [-0.4, -0.2) is 5.11 Å². The molecule has 4 aromatic carbocycles. The number of hydrogen-bond acceptors (Lipinski definition) is 2. The van der Waals surface area contributed by atoms with Crippen LogP contribution < -0.4 is 15.5 Å². The first-order valence-corrected chi connectivity index (χ1v) is 15.0. The van der Waals surface area contributed by atoms with Gasteiger partial charge in [0.1, 0.15) is 5.75 Å². The molecule has 0 saturated heterocycles. The Morgan fingerprint density at radius 1 is 0.645 bits per heavy atom. The van der Waals surface area contributed by atoms with Crippen LogP contribution in [0.5, 0.6) is 5.75 Å². The number of para-hydroxylation sites is 3. The summed E-state index contributed by atoms with van der Waals surface area (Å²) >= 11 is -0.556. The Bertz CT molecular complexity index is 1030. The van der Waals surface area contributed by atoms with E-state index in [9.17, 15) is 5.11 Å². The van der Waals surface area contributed by atoms with E-state index in [-0.39, 0.29) is 0 Å². The number of rotatable bonds is 6. The summed E-state index contributed by atoms with van der Waals surface area (Å²) in [7, 11) is 10.2. The van der Waals surface area contributed by atoms with E-state index in [0.717, 1.165) is 23.2 Å². The number of aromatic hydroxyl groups is 1. The van der Waals surface area contributed by atoms with Crippen molar-refractivity contribution in [3.05, 3.63) is 115 Å². The molecule has 0 spiro atoms. The number of phenolic OH excluding ortho intramolecular Hbond substituents is 1. The first kappa shape index (κ1) is 23.9. The minimum absolute atomic E-state index is 0.360. The van der Waals surface area contributed by atoms with Crippen molar-refractivity contribution in [1.29, 1.82) is 0 Å². The fourth-order valence-electron chi connectivity index (χ4n) is 3.22. The van der Waals surface area contributed by atoms with Gasteiger partial charge in [0.05, 0.1) is 0 Å². The third-order valence-corrected chi connectivity index (χ3v) is 6.10. The van der Waals surface area contributed by atoms with Crippen LogP contribution in [0, 0.1) is 0 Å². The summed E-state index contributed by atoms with van der Waals surface area (Å²) in [4.78, 5) is 2.33. The molecule has 0 aromatic heterocycles. The van der Waals surface area contributed by atoms with Crippen molar-refractivity contribution >= 4 is 49.2 Å². The molecule has 2 nitrogen and oxygen atoms in total. The zero-order chi connectivity index (χ0) is 21.9. The van der Waals surface area contributed by atoms with Gasteiger partial charge in [0.25, 0.3) is 0 Å². The predicted octanol–water partition coefficient (Wildman–Crippen LogP) is 6.74. The molecule has 0 radical (unpaired) electrons. The van der Waals surface area contributed by atoms with Crippen molar-refractivity contribution in [3.63, 3.8) is 0 Å². The molecule has 6 heteroatoms. The minimum atomic E-state index is -0.556. The SMILES string of the molecule is Oc1ccccc1Pc1ccccc1CN(c1ccccc1)c1ccccc1.[Cl][Ti][Cl]. The van der Waals surface area contributed by atoms with Crippen molar-refractivity contribution in [3.8, 4) is 5.75 Å². The molecule has 1 N–H and O–H groups in total. The summed E-state index contributed by atoms with van der Waals surface area (Å²) in [6.45, 7) is 0.769. The first-order valence-electron chi connectivity index (χ1n) is 9.69. The normalized spacial score (nSPS) is 10.4. The second-order valence-electron chi connectivity index (χ2n) is 6.63. The summed E-state index contributed by atoms with van der Waals surface area (Å²) in [5, 5.41) is 12.4. The van der Waals surface area contributed by atoms with Crippen LogP contribution in [0.15, 0.2) is 109 Å². The maximum atomic E-state index is 10.2. The van der Waals surface area contributed by atoms with Crippen LogP contribution in [0.3, 0.4) is 0 Å². The van der Waals surface area contributed by atoms with E-state index in [1.807, 2.05) is 30.3 Å². The molecule has 0 heterocycles. The summed E-state index contributed by atoms with van der Waals surface area (Å²) in [5.41, 5.74) is 3.58. The summed E-state index contributed by atoms with van der Waals surface area (Å²) in [6.07, 6.45) is 0. The van der Waals surface area contributed by atoms with E-state index >= 15 is 0 Å². The van der Waals surface area contributed by atoms with Crippen LogP contribution in [0.1, 0.15) is 5.56 Å². The molecule has 0 aliphatic rings. The van der Waals surface area contributed by atoms with E-state index < -0.39 is 17.0 Å². The maximum absolute atomic E-state index is 10.2. The molecule has 0 aliphatic carbocycles. The van der Waals surface area contributed by atoms with Gasteiger partial charge in [-0.05, 0) is 41.2 Å². The fraction of sp³-hybridized carbons (Fsp3) is 0.0400. The topological polar surface area (TPSA) is 23.5 Å². The van der Waals surface area contributed by atoms with Crippen molar-refractivity contribution in [2.75, 3.05) is 4.90 Å². The molecular weight excluding hydrogens is 480 g/mol. The molecular formula is C25H22Cl2NOPTi. The quantitative estimate of drug-likeness (QED) is 0.233. The summed E-state index contributed by atoms with van der Waals surface area (Å²) in [5.74, 6) is 0.360. The number of nitrogens with zero attached hydrogens (tertiary/aromatic N) is 1. The van der Waals surface area contributed by atoms with Gasteiger partial charge < -0.3 is 10.0 Å². The van der Waals surface area contributed by atoms with E-state index in [1.165, 1.54) is 10.9 Å². The molecule has 31 heavy (non-hydrogen) atoms. The molecule has 0 saturated carbocycles. The Kier molecular flexibility index (Phi) is 9.94. The van der Waals surface area contributed by atoms with Crippen LogP contribution in [0.4, 0.5) is 11.4 Å². The van der Waals surface area contributed by atoms with Crippen LogP contribution in [0.2, 0.25) is 0 Å². The Balaban J connectivity index is 0.000000858. The molecule has 156 valence electrons. The van der Waals surface area contributed by atoms with E-state index in [0.29, 0.717) is 14.3 Å². The number of phenols is 1. The Labute approximate surface area is 202 Å². The molecule has 1 unspecified atom stereocenters. The van der Waals surface area contributed by atoms with Gasteiger partial charge in [-0.25, -0.2) is 0 Å². The molecule has 0 bridgehead atoms. The summed E-state index contributed by atoms with van der Waals surface area (Å²) in [6, 6.07) is 37.0. The fourth-order valence-corrected chi connectivity index (χ4v) is 4.41. The van der Waals surface area contributed by atoms with E-state index in [4.69, 9.17) is 18.6 Å². The van der Waals surface area contributed by atoms with Gasteiger partial charge in [0.15, 0.2) is 0 Å². The third kappa shape index (κ3) is 7.11. The average Bonchev–Trinajstić information content (AvgIpc) is 2.81. The van der Waals surface area contributed by atoms with Gasteiger partial charge in [0.2, 0.25) is 0 Å². The molecule has 0 aliphatic heterocycles. The van der Waals surface area contributed by atoms with Crippen LogP contribution >= 0.6 is 27.2 Å². The van der Waals surface area contributed by atoms with E-state index in [2.05, 4.69) is 77.7 Å².